The van der Waals surface area contributed by atoms with Gasteiger partial charge in [-0.05, 0) is 30.5 Å². The zero-order valence-electron chi connectivity index (χ0n) is 13.1. The molecule has 1 N–H and O–H groups in total. The monoisotopic (exact) mass is 367 g/mol. The van der Waals surface area contributed by atoms with Crippen molar-refractivity contribution in [1.82, 2.24) is 10.2 Å². The normalized spacial score (nSPS) is 20.0. The van der Waals surface area contributed by atoms with E-state index in [9.17, 15) is 8.78 Å². The van der Waals surface area contributed by atoms with Crippen molar-refractivity contribution in [2.24, 2.45) is 0 Å². The molecule has 0 saturated carbocycles. The molecular weight excluding hydrogens is 343 g/mol. The average Bonchev–Trinajstić information content (AvgIpc) is 3.03. The SMILES string of the molecule is Cl.Cl.FC(F)[C@@H](c1ccc(N2CCCC2)cc1)N1CCNCC1. The van der Waals surface area contributed by atoms with E-state index in [2.05, 4.69) is 10.2 Å². The maximum absolute atomic E-state index is 13.5. The number of benzene rings is 1. The molecule has 3 rings (SSSR count). The van der Waals surface area contributed by atoms with E-state index in [0.29, 0.717) is 13.1 Å². The van der Waals surface area contributed by atoms with Crippen LogP contribution in [0.1, 0.15) is 24.4 Å². The number of hydrogen-bond donors (Lipinski definition) is 1. The molecule has 3 nitrogen and oxygen atoms in total. The number of halogens is 4. The van der Waals surface area contributed by atoms with Gasteiger partial charge in [0.2, 0.25) is 0 Å². The van der Waals surface area contributed by atoms with Gasteiger partial charge in [0.15, 0.2) is 0 Å². The van der Waals surface area contributed by atoms with Gasteiger partial charge < -0.3 is 10.2 Å². The van der Waals surface area contributed by atoms with Crippen LogP contribution >= 0.6 is 24.8 Å². The van der Waals surface area contributed by atoms with Crippen LogP contribution in [0.2, 0.25) is 0 Å². The third kappa shape index (κ3) is 4.92. The van der Waals surface area contributed by atoms with Crippen molar-refractivity contribution in [2.75, 3.05) is 44.2 Å². The standard InChI is InChI=1S/C16H23F2N3.2ClH/c17-16(18)15(21-11-7-19-8-12-21)13-3-5-14(6-4-13)20-9-1-2-10-20;;/h3-6,15-16,19H,1-2,7-12H2;2*1H/t15-;;/m1../s1. The lowest BCUT2D eigenvalue weighted by Crippen LogP contribution is -2.46. The van der Waals surface area contributed by atoms with Crippen LogP contribution in [0.5, 0.6) is 0 Å². The van der Waals surface area contributed by atoms with Crippen molar-refractivity contribution in [3.05, 3.63) is 29.8 Å². The first-order valence-corrected chi connectivity index (χ1v) is 7.83. The maximum atomic E-state index is 13.5. The van der Waals surface area contributed by atoms with Gasteiger partial charge in [-0.1, -0.05) is 12.1 Å². The zero-order valence-corrected chi connectivity index (χ0v) is 14.7. The summed E-state index contributed by atoms with van der Waals surface area (Å²) in [5.74, 6) is 0. The predicted molar refractivity (Wildman–Crippen MR) is 95.6 cm³/mol. The zero-order chi connectivity index (χ0) is 14.7. The summed E-state index contributed by atoms with van der Waals surface area (Å²) in [6.45, 7) is 5.10. The fourth-order valence-corrected chi connectivity index (χ4v) is 3.33. The minimum absolute atomic E-state index is 0. The number of piperazine rings is 1. The number of anilines is 1. The Morgan fingerprint density at radius 2 is 1.43 bits per heavy atom. The number of hydrogen-bond acceptors (Lipinski definition) is 3. The third-order valence-corrected chi connectivity index (χ3v) is 4.49. The van der Waals surface area contributed by atoms with Crippen molar-refractivity contribution in [2.45, 2.75) is 25.3 Å². The molecule has 0 aliphatic carbocycles. The lowest BCUT2D eigenvalue weighted by molar-refractivity contribution is 0.0182. The first kappa shape index (κ1) is 20.4. The third-order valence-electron chi connectivity index (χ3n) is 4.49. The highest BCUT2D eigenvalue weighted by atomic mass is 35.5. The molecule has 0 bridgehead atoms. The molecule has 0 amide bonds. The molecule has 2 fully saturated rings. The molecule has 23 heavy (non-hydrogen) atoms. The molecule has 0 spiro atoms. The van der Waals surface area contributed by atoms with E-state index in [1.807, 2.05) is 29.2 Å². The molecule has 0 radical (unpaired) electrons. The molecule has 2 aliphatic heterocycles. The Bertz CT molecular complexity index is 447. The summed E-state index contributed by atoms with van der Waals surface area (Å²) in [4.78, 5) is 4.22. The van der Waals surface area contributed by atoms with Crippen molar-refractivity contribution in [3.63, 3.8) is 0 Å². The fraction of sp³-hybridized carbons (Fsp3) is 0.625. The fourth-order valence-electron chi connectivity index (χ4n) is 3.33. The van der Waals surface area contributed by atoms with E-state index in [4.69, 9.17) is 0 Å². The Morgan fingerprint density at radius 1 is 0.870 bits per heavy atom. The van der Waals surface area contributed by atoms with Crippen LogP contribution in [-0.4, -0.2) is 50.6 Å². The molecule has 2 aliphatic rings. The summed E-state index contributed by atoms with van der Waals surface area (Å²) in [6, 6.07) is 6.98. The van der Waals surface area contributed by atoms with Gasteiger partial charge in [0.25, 0.3) is 6.43 Å². The van der Waals surface area contributed by atoms with E-state index in [0.717, 1.165) is 37.4 Å². The Morgan fingerprint density at radius 3 is 1.96 bits per heavy atom. The van der Waals surface area contributed by atoms with Crippen LogP contribution < -0.4 is 10.2 Å². The number of nitrogens with zero attached hydrogens (tertiary/aromatic N) is 2. The Balaban J connectivity index is 0.00000132. The summed E-state index contributed by atoms with van der Waals surface area (Å²) in [7, 11) is 0. The van der Waals surface area contributed by atoms with E-state index in [1.54, 1.807) is 0 Å². The van der Waals surface area contributed by atoms with Crippen molar-refractivity contribution in [1.29, 1.82) is 0 Å². The Hall–Kier alpha value is -0.620. The highest BCUT2D eigenvalue weighted by Crippen LogP contribution is 2.30. The molecular formula is C16H25Cl2F2N3. The van der Waals surface area contributed by atoms with Crippen LogP contribution in [0.3, 0.4) is 0 Å². The van der Waals surface area contributed by atoms with Gasteiger partial charge >= 0.3 is 0 Å². The van der Waals surface area contributed by atoms with Crippen LogP contribution in [0.4, 0.5) is 14.5 Å². The van der Waals surface area contributed by atoms with Gasteiger partial charge in [0, 0.05) is 45.0 Å². The Labute approximate surface area is 149 Å². The van der Waals surface area contributed by atoms with Gasteiger partial charge in [-0.25, -0.2) is 8.78 Å². The quantitative estimate of drug-likeness (QED) is 0.880. The molecule has 132 valence electrons. The van der Waals surface area contributed by atoms with Crippen molar-refractivity contribution in [3.8, 4) is 0 Å². The molecule has 2 saturated heterocycles. The van der Waals surface area contributed by atoms with Crippen molar-refractivity contribution >= 4 is 30.5 Å². The largest absolute Gasteiger partial charge is 0.372 e. The van der Waals surface area contributed by atoms with Crippen LogP contribution in [-0.2, 0) is 0 Å². The number of alkyl halides is 2. The van der Waals surface area contributed by atoms with E-state index >= 15 is 0 Å². The maximum Gasteiger partial charge on any atom is 0.258 e. The van der Waals surface area contributed by atoms with Gasteiger partial charge in [-0.3, -0.25) is 4.90 Å². The number of rotatable bonds is 4. The van der Waals surface area contributed by atoms with Crippen LogP contribution in [0.15, 0.2) is 24.3 Å². The Kier molecular flexibility index (Phi) is 8.54. The summed E-state index contributed by atoms with van der Waals surface area (Å²) in [5.41, 5.74) is 1.89. The lowest BCUT2D eigenvalue weighted by atomic mass is 10.0. The second-order valence-corrected chi connectivity index (χ2v) is 5.85. The molecule has 2 heterocycles. The first-order valence-electron chi connectivity index (χ1n) is 7.83. The first-order chi connectivity index (χ1) is 10.3. The predicted octanol–water partition coefficient (Wildman–Crippen LogP) is 3.34. The smallest absolute Gasteiger partial charge is 0.258 e. The van der Waals surface area contributed by atoms with Crippen molar-refractivity contribution < 1.29 is 8.78 Å². The second kappa shape index (κ2) is 9.62. The molecule has 1 atom stereocenters. The summed E-state index contributed by atoms with van der Waals surface area (Å²) in [5, 5.41) is 3.21. The summed E-state index contributed by atoms with van der Waals surface area (Å²) in [6.07, 6.45) is 0.102. The van der Waals surface area contributed by atoms with Gasteiger partial charge in [0.1, 0.15) is 0 Å². The molecule has 0 unspecified atom stereocenters. The number of nitrogens with one attached hydrogen (secondary N) is 1. The summed E-state index contributed by atoms with van der Waals surface area (Å²) < 4.78 is 27.0. The lowest BCUT2D eigenvalue weighted by Gasteiger charge is -2.34. The minimum atomic E-state index is -2.35. The highest BCUT2D eigenvalue weighted by Gasteiger charge is 2.30. The molecule has 7 heteroatoms. The van der Waals surface area contributed by atoms with E-state index < -0.39 is 12.5 Å². The average molecular weight is 368 g/mol. The van der Waals surface area contributed by atoms with Gasteiger partial charge in [0.05, 0.1) is 6.04 Å². The van der Waals surface area contributed by atoms with Gasteiger partial charge in [-0.2, -0.15) is 0 Å². The van der Waals surface area contributed by atoms with Crippen LogP contribution in [0, 0.1) is 0 Å². The molecule has 1 aromatic carbocycles. The van der Waals surface area contributed by atoms with E-state index in [-0.39, 0.29) is 24.8 Å². The molecule has 0 aromatic heterocycles. The second-order valence-electron chi connectivity index (χ2n) is 5.85. The van der Waals surface area contributed by atoms with Gasteiger partial charge in [-0.15, -0.1) is 24.8 Å². The highest BCUT2D eigenvalue weighted by molar-refractivity contribution is 5.85. The molecule has 1 aromatic rings. The van der Waals surface area contributed by atoms with E-state index in [1.165, 1.54) is 12.8 Å². The van der Waals surface area contributed by atoms with Crippen LogP contribution in [0.25, 0.3) is 0 Å². The summed E-state index contributed by atoms with van der Waals surface area (Å²) >= 11 is 0. The minimum Gasteiger partial charge on any atom is -0.372 e. The topological polar surface area (TPSA) is 18.5 Å².